The molecule has 0 aliphatic heterocycles. The molecule has 3 rings (SSSR count). The van der Waals surface area contributed by atoms with E-state index in [0.29, 0.717) is 5.69 Å². The van der Waals surface area contributed by atoms with E-state index < -0.39 is 0 Å². The second kappa shape index (κ2) is 5.81. The number of nitrogens with one attached hydrogen (secondary N) is 1. The predicted octanol–water partition coefficient (Wildman–Crippen LogP) is 3.68. The number of aryl methyl sites for hydroxylation is 1. The quantitative estimate of drug-likeness (QED) is 0.855. The minimum absolute atomic E-state index is 0.0452. The van der Waals surface area contributed by atoms with Gasteiger partial charge in [-0.1, -0.05) is 41.6 Å². The van der Waals surface area contributed by atoms with Crippen molar-refractivity contribution in [3.63, 3.8) is 0 Å². The molecule has 1 aliphatic rings. The number of carbonyl (C=O) groups excluding carboxylic acids is 1. The van der Waals surface area contributed by atoms with Gasteiger partial charge in [-0.3, -0.25) is 4.79 Å². The third-order valence-corrected chi connectivity index (χ3v) is 5.65. The van der Waals surface area contributed by atoms with Crippen molar-refractivity contribution in [2.45, 2.75) is 36.1 Å². The Balaban J connectivity index is 1.66. The smallest absolute Gasteiger partial charge is 0.271 e. The molecule has 0 radical (unpaired) electrons. The Kier molecular flexibility index (Phi) is 4.04. The molecular formula is C16H18N2OS2. The zero-order valence-electron chi connectivity index (χ0n) is 12.2. The number of amides is 1. The second-order valence-corrected chi connectivity index (χ2v) is 7.51. The number of hydrogen-bond donors (Lipinski definition) is 1. The molecule has 0 bridgehead atoms. The summed E-state index contributed by atoms with van der Waals surface area (Å²) >= 11 is 3.09. The first kappa shape index (κ1) is 14.6. The topological polar surface area (TPSA) is 42.0 Å². The molecule has 1 N–H and O–H groups in total. The van der Waals surface area contributed by atoms with E-state index in [1.807, 2.05) is 11.6 Å². The maximum absolute atomic E-state index is 12.3. The molecule has 0 unspecified atom stereocenters. The molecule has 0 saturated heterocycles. The van der Waals surface area contributed by atoms with Crippen LogP contribution in [0.1, 0.15) is 34.5 Å². The monoisotopic (exact) mass is 318 g/mol. The fourth-order valence-electron chi connectivity index (χ4n) is 2.35. The van der Waals surface area contributed by atoms with Crippen LogP contribution in [0.4, 0.5) is 0 Å². The molecule has 110 valence electrons. The van der Waals surface area contributed by atoms with Crippen LogP contribution in [0.5, 0.6) is 0 Å². The lowest BCUT2D eigenvalue weighted by Crippen LogP contribution is -2.38. The van der Waals surface area contributed by atoms with Gasteiger partial charge >= 0.3 is 0 Å². The van der Waals surface area contributed by atoms with Crippen molar-refractivity contribution in [1.82, 2.24) is 10.3 Å². The van der Waals surface area contributed by atoms with Crippen LogP contribution < -0.4 is 5.32 Å². The van der Waals surface area contributed by atoms with Crippen molar-refractivity contribution in [2.75, 3.05) is 6.26 Å². The van der Waals surface area contributed by atoms with Crippen LogP contribution in [0.2, 0.25) is 0 Å². The number of hydrogen-bond acceptors (Lipinski definition) is 4. The van der Waals surface area contributed by atoms with Crippen molar-refractivity contribution >= 4 is 29.0 Å². The first-order chi connectivity index (χ1) is 10.1. The van der Waals surface area contributed by atoms with Crippen LogP contribution >= 0.6 is 23.1 Å². The zero-order valence-corrected chi connectivity index (χ0v) is 13.8. The third kappa shape index (κ3) is 3.47. The Labute approximate surface area is 133 Å². The molecule has 5 heteroatoms. The van der Waals surface area contributed by atoms with Crippen molar-refractivity contribution in [3.8, 4) is 0 Å². The minimum Gasteiger partial charge on any atom is -0.345 e. The molecule has 1 heterocycles. The molecule has 3 nitrogen and oxygen atoms in total. The predicted molar refractivity (Wildman–Crippen MR) is 88.2 cm³/mol. The molecule has 0 spiro atoms. The largest absolute Gasteiger partial charge is 0.345 e. The van der Waals surface area contributed by atoms with Gasteiger partial charge in [-0.05, 0) is 38.0 Å². The second-order valence-electron chi connectivity index (χ2n) is 5.60. The van der Waals surface area contributed by atoms with Crippen LogP contribution in [0.25, 0.3) is 0 Å². The number of rotatable bonds is 5. The Morgan fingerprint density at radius 3 is 2.67 bits per heavy atom. The molecule has 1 aromatic heterocycles. The highest BCUT2D eigenvalue weighted by atomic mass is 32.2. The van der Waals surface area contributed by atoms with Gasteiger partial charge < -0.3 is 5.32 Å². The number of benzene rings is 1. The van der Waals surface area contributed by atoms with Crippen molar-refractivity contribution < 1.29 is 4.79 Å². The fourth-order valence-corrected chi connectivity index (χ4v) is 3.60. The molecule has 21 heavy (non-hydrogen) atoms. The van der Waals surface area contributed by atoms with E-state index >= 15 is 0 Å². The lowest BCUT2D eigenvalue weighted by atomic mass is 10.0. The van der Waals surface area contributed by atoms with Crippen LogP contribution in [0, 0.1) is 6.92 Å². The van der Waals surface area contributed by atoms with E-state index in [0.717, 1.165) is 23.6 Å². The van der Waals surface area contributed by atoms with E-state index in [4.69, 9.17) is 0 Å². The van der Waals surface area contributed by atoms with Gasteiger partial charge in [-0.25, -0.2) is 4.98 Å². The van der Waals surface area contributed by atoms with E-state index in [1.54, 1.807) is 11.8 Å². The third-order valence-electron chi connectivity index (χ3n) is 3.79. The summed E-state index contributed by atoms with van der Waals surface area (Å²) in [5, 5.41) is 5.02. The fraction of sp³-hybridized carbons (Fsp3) is 0.375. The van der Waals surface area contributed by atoms with E-state index in [2.05, 4.69) is 41.5 Å². The van der Waals surface area contributed by atoms with Crippen molar-refractivity contribution in [2.24, 2.45) is 0 Å². The van der Waals surface area contributed by atoms with Gasteiger partial charge in [0.1, 0.15) is 10.0 Å². The normalized spacial score (nSPS) is 15.7. The molecule has 1 amide bonds. The highest BCUT2D eigenvalue weighted by molar-refractivity contribution is 8.00. The van der Waals surface area contributed by atoms with Crippen LogP contribution in [-0.4, -0.2) is 22.7 Å². The summed E-state index contributed by atoms with van der Waals surface area (Å²) in [5.74, 6) is -0.0452. The lowest BCUT2D eigenvalue weighted by Gasteiger charge is -2.17. The number of aromatic nitrogens is 1. The van der Waals surface area contributed by atoms with Gasteiger partial charge in [0.2, 0.25) is 0 Å². The van der Waals surface area contributed by atoms with E-state index in [-0.39, 0.29) is 11.4 Å². The number of thioether (sulfide) groups is 1. The summed E-state index contributed by atoms with van der Waals surface area (Å²) in [6.45, 7) is 2.09. The van der Waals surface area contributed by atoms with Gasteiger partial charge in [-0.15, -0.1) is 11.3 Å². The van der Waals surface area contributed by atoms with E-state index in [9.17, 15) is 4.79 Å². The van der Waals surface area contributed by atoms with E-state index in [1.165, 1.54) is 22.5 Å². The van der Waals surface area contributed by atoms with Crippen LogP contribution in [0.3, 0.4) is 0 Å². The molecule has 1 saturated carbocycles. The number of thiazole rings is 1. The van der Waals surface area contributed by atoms with Gasteiger partial charge in [-0.2, -0.15) is 0 Å². The average Bonchev–Trinajstić information content (AvgIpc) is 3.04. The summed E-state index contributed by atoms with van der Waals surface area (Å²) < 4.78 is 0.934. The Bertz CT molecular complexity index is 645. The zero-order chi connectivity index (χ0) is 14.9. The maximum Gasteiger partial charge on any atom is 0.271 e. The molecular weight excluding hydrogens is 300 g/mol. The summed E-state index contributed by atoms with van der Waals surface area (Å²) in [5.41, 5.74) is 3.02. The maximum atomic E-state index is 12.3. The summed E-state index contributed by atoms with van der Waals surface area (Å²) in [6, 6.07) is 8.54. The average molecular weight is 318 g/mol. The highest BCUT2D eigenvalue weighted by Gasteiger charge is 2.44. The minimum atomic E-state index is -0.0600. The highest BCUT2D eigenvalue weighted by Crippen LogP contribution is 2.39. The van der Waals surface area contributed by atoms with Crippen molar-refractivity contribution in [3.05, 3.63) is 46.5 Å². The van der Waals surface area contributed by atoms with Gasteiger partial charge in [0, 0.05) is 10.9 Å². The molecule has 1 fully saturated rings. The van der Waals surface area contributed by atoms with Gasteiger partial charge in [0.05, 0.1) is 0 Å². The molecule has 0 atom stereocenters. The van der Waals surface area contributed by atoms with Gasteiger partial charge in [0.15, 0.2) is 0 Å². The number of carbonyl (C=O) groups is 1. The first-order valence-electron chi connectivity index (χ1n) is 6.98. The van der Waals surface area contributed by atoms with Crippen LogP contribution in [0.15, 0.2) is 34.0 Å². The molecule has 1 aromatic carbocycles. The standard InChI is InChI=1S/C16H18N2OS2/c1-11-3-5-12(6-4-11)9-16(7-8-16)18-14(19)13-10-21-15(17-13)20-2/h3-6,10H,7-9H2,1-2H3,(H,18,19). The van der Waals surface area contributed by atoms with Gasteiger partial charge in [0.25, 0.3) is 5.91 Å². The Hall–Kier alpha value is -1.33. The lowest BCUT2D eigenvalue weighted by molar-refractivity contribution is 0.0926. The van der Waals surface area contributed by atoms with Crippen LogP contribution in [-0.2, 0) is 6.42 Å². The Morgan fingerprint density at radius 1 is 1.38 bits per heavy atom. The molecule has 2 aromatic rings. The summed E-state index contributed by atoms with van der Waals surface area (Å²) in [7, 11) is 0. The summed E-state index contributed by atoms with van der Waals surface area (Å²) in [4.78, 5) is 16.6. The van der Waals surface area contributed by atoms with Crippen molar-refractivity contribution in [1.29, 1.82) is 0 Å². The first-order valence-corrected chi connectivity index (χ1v) is 9.08. The SMILES string of the molecule is CSc1nc(C(=O)NC2(Cc3ccc(C)cc3)CC2)cs1. The molecule has 1 aliphatic carbocycles. The summed E-state index contributed by atoms with van der Waals surface area (Å²) in [6.07, 6.45) is 4.97. The Morgan fingerprint density at radius 2 is 2.10 bits per heavy atom. The number of nitrogens with zero attached hydrogens (tertiary/aromatic N) is 1.